The SMILES string of the molecule is CC(C)Oc1ccc(C2=NCc3ccc(N4CC[C@]5(CCN(CC(=O)N6CCC(F)(c7ccc(-c8ncn(C)n8)cc7)CC6)C5)C4=O)cc32)cn1.Cc1cnc(-c2ccc(C3=CCN(C(=O)CN4CC[C@]5(CCN(c6ccc7c(c6)C(c6ccnc(C)c6)=NC7)C5=O)C4)CC3)cc2)nc1.Cn1cnc(-c2ccc(C3=CCN(C(=O)CN4CC[C@]5(CCN(c6ccc7c(c6)C(c6ccc(F)cc6)=NC7)C5=O)C4)CC3)cc2)n1. The topological polar surface area (TPSA) is 291 Å². The van der Waals surface area contributed by atoms with Crippen molar-refractivity contribution in [1.29, 1.82) is 0 Å². The Labute approximate surface area is 847 Å². The number of aromatic nitrogens is 10. The van der Waals surface area contributed by atoms with Crippen molar-refractivity contribution in [3.05, 3.63) is 309 Å². The third kappa shape index (κ3) is 19.4. The summed E-state index contributed by atoms with van der Waals surface area (Å²) in [6, 6.07) is 56.9. The number of piperidine rings is 1. The van der Waals surface area contributed by atoms with Crippen molar-refractivity contribution in [3.63, 3.8) is 0 Å². The van der Waals surface area contributed by atoms with E-state index >= 15 is 4.39 Å². The van der Waals surface area contributed by atoms with E-state index in [-0.39, 0.29) is 66.8 Å². The molecular weight excluding hydrogens is 1840 g/mol. The van der Waals surface area contributed by atoms with Crippen molar-refractivity contribution in [2.45, 2.75) is 123 Å². The van der Waals surface area contributed by atoms with Gasteiger partial charge in [0.15, 0.2) is 17.5 Å². The Morgan fingerprint density at radius 1 is 0.397 bits per heavy atom. The summed E-state index contributed by atoms with van der Waals surface area (Å²) < 4.78 is 38.7. The van der Waals surface area contributed by atoms with E-state index in [1.165, 1.54) is 34.4 Å². The van der Waals surface area contributed by atoms with Crippen molar-refractivity contribution in [1.82, 2.24) is 78.9 Å². The molecule has 0 bridgehead atoms. The minimum Gasteiger partial charge on any atom is -0.475 e. The van der Waals surface area contributed by atoms with Gasteiger partial charge in [0, 0.05) is 209 Å². The number of amides is 6. The molecule has 12 aliphatic heterocycles. The molecule has 7 fully saturated rings. The molecule has 744 valence electrons. The lowest BCUT2D eigenvalue weighted by Crippen LogP contribution is -2.47. The lowest BCUT2D eigenvalue weighted by Gasteiger charge is -2.37. The van der Waals surface area contributed by atoms with Crippen molar-refractivity contribution in [2.75, 3.05) is 133 Å². The number of hydrogen-bond acceptors (Lipinski definition) is 21. The molecule has 6 amide bonds. The van der Waals surface area contributed by atoms with Crippen LogP contribution in [0.15, 0.2) is 240 Å². The van der Waals surface area contributed by atoms with E-state index in [0.29, 0.717) is 141 Å². The number of alkyl halides is 1. The largest absolute Gasteiger partial charge is 0.475 e. The lowest BCUT2D eigenvalue weighted by molar-refractivity contribution is -0.135. The van der Waals surface area contributed by atoms with Gasteiger partial charge >= 0.3 is 0 Å². The smallest absolute Gasteiger partial charge is 0.237 e. The van der Waals surface area contributed by atoms with Crippen LogP contribution >= 0.6 is 0 Å². The first-order valence-corrected chi connectivity index (χ1v) is 51.0. The average molecular weight is 1960 g/mol. The number of fused-ring (bicyclic) bond motifs is 3. The van der Waals surface area contributed by atoms with Gasteiger partial charge in [-0.25, -0.2) is 33.7 Å². The quantitative estimate of drug-likeness (QED) is 0.0685. The maximum absolute atomic E-state index is 16.1. The van der Waals surface area contributed by atoms with E-state index in [1.807, 2.05) is 152 Å². The Kier molecular flexibility index (Phi) is 26.2. The summed E-state index contributed by atoms with van der Waals surface area (Å²) in [6.45, 7) is 19.9. The molecular formula is C115H118F2N22O7. The first-order valence-electron chi connectivity index (χ1n) is 51.0. The number of nitrogens with zero attached hydrogens (tertiary/aromatic N) is 22. The van der Waals surface area contributed by atoms with Crippen LogP contribution in [-0.2, 0) is 68.2 Å². The van der Waals surface area contributed by atoms with Gasteiger partial charge in [0.1, 0.15) is 24.1 Å². The minimum atomic E-state index is -1.49. The van der Waals surface area contributed by atoms with Gasteiger partial charge in [-0.15, -0.1) is 0 Å². The molecule has 0 aliphatic carbocycles. The Morgan fingerprint density at radius 3 is 1.21 bits per heavy atom. The molecule has 7 aromatic carbocycles. The third-order valence-electron chi connectivity index (χ3n) is 31.5. The van der Waals surface area contributed by atoms with E-state index in [9.17, 15) is 33.2 Å². The van der Waals surface area contributed by atoms with E-state index in [2.05, 4.69) is 152 Å². The third-order valence-corrected chi connectivity index (χ3v) is 31.5. The van der Waals surface area contributed by atoms with Crippen LogP contribution < -0.4 is 19.4 Å². The molecule has 3 spiro atoms. The fraction of sp³-hybridized carbons (Fsp3) is 0.365. The molecule has 24 rings (SSSR count). The number of anilines is 3. The number of aryl methyl sites for hydroxylation is 4. The van der Waals surface area contributed by atoms with Crippen LogP contribution in [0.25, 0.3) is 45.3 Å². The zero-order valence-electron chi connectivity index (χ0n) is 83.3. The summed E-state index contributed by atoms with van der Waals surface area (Å²) >= 11 is 0. The van der Waals surface area contributed by atoms with Crippen LogP contribution in [0.4, 0.5) is 25.8 Å². The number of aliphatic imine (C=N–C) groups is 3. The first-order chi connectivity index (χ1) is 70.8. The van der Waals surface area contributed by atoms with Gasteiger partial charge in [-0.05, 0) is 228 Å². The number of rotatable bonds is 20. The second-order valence-corrected chi connectivity index (χ2v) is 41.4. The number of hydrogen-bond donors (Lipinski definition) is 0. The van der Waals surface area contributed by atoms with E-state index in [1.54, 1.807) is 45.2 Å². The molecule has 7 saturated heterocycles. The Balaban J connectivity index is 0.000000125. The summed E-state index contributed by atoms with van der Waals surface area (Å²) in [7, 11) is 3.67. The van der Waals surface area contributed by atoms with E-state index in [4.69, 9.17) is 19.7 Å². The van der Waals surface area contributed by atoms with Gasteiger partial charge in [0.05, 0.1) is 78.8 Å². The van der Waals surface area contributed by atoms with Crippen molar-refractivity contribution in [2.24, 2.45) is 45.3 Å². The fourth-order valence-corrected chi connectivity index (χ4v) is 23.2. The van der Waals surface area contributed by atoms with Crippen LogP contribution in [0.5, 0.6) is 5.88 Å². The number of carbonyl (C=O) groups excluding carboxylic acids is 6. The van der Waals surface area contributed by atoms with Crippen LogP contribution in [0.3, 0.4) is 0 Å². The molecule has 0 saturated carbocycles. The number of likely N-dealkylation sites (tertiary alicyclic amines) is 4. The monoisotopic (exact) mass is 1960 g/mol. The van der Waals surface area contributed by atoms with Crippen molar-refractivity contribution in [3.8, 4) is 40.0 Å². The lowest BCUT2D eigenvalue weighted by atomic mass is 9.85. The van der Waals surface area contributed by atoms with Crippen LogP contribution in [0.2, 0.25) is 0 Å². The Hall–Kier alpha value is -15.0. The Bertz CT molecular complexity index is 7240. The van der Waals surface area contributed by atoms with Gasteiger partial charge < -0.3 is 34.1 Å². The fourth-order valence-electron chi connectivity index (χ4n) is 23.2. The molecule has 12 aliphatic rings. The van der Waals surface area contributed by atoms with E-state index in [0.717, 1.165) is 182 Å². The molecule has 5 aromatic heterocycles. The molecule has 17 heterocycles. The summed E-state index contributed by atoms with van der Waals surface area (Å²) in [6.07, 6.45) is 21.7. The van der Waals surface area contributed by atoms with Gasteiger partial charge in [-0.2, -0.15) is 10.2 Å². The average Bonchev–Trinajstić information content (AvgIpc) is 1.60. The summed E-state index contributed by atoms with van der Waals surface area (Å²) in [4.78, 5) is 141. The first kappa shape index (κ1) is 95.9. The second kappa shape index (κ2) is 39.9. The maximum atomic E-state index is 16.1. The van der Waals surface area contributed by atoms with E-state index < -0.39 is 21.9 Å². The summed E-state index contributed by atoms with van der Waals surface area (Å²) in [5.74, 6) is 3.02. The van der Waals surface area contributed by atoms with Gasteiger partial charge in [-0.3, -0.25) is 72.8 Å². The highest BCUT2D eigenvalue weighted by molar-refractivity contribution is 6.18. The zero-order chi connectivity index (χ0) is 100. The van der Waals surface area contributed by atoms with Crippen LogP contribution in [-0.4, -0.2) is 255 Å². The van der Waals surface area contributed by atoms with Gasteiger partial charge in [0.25, 0.3) is 0 Å². The molecule has 0 N–H and O–H groups in total. The highest BCUT2D eigenvalue weighted by Crippen LogP contribution is 2.48. The predicted octanol–water partition coefficient (Wildman–Crippen LogP) is 14.9. The molecule has 31 heteroatoms. The molecule has 3 atom stereocenters. The van der Waals surface area contributed by atoms with Gasteiger partial charge in [-0.1, -0.05) is 103 Å². The standard InChI is InChI=1S/C39H43FN8O3.C39H39N7O2.C37H36FN7O2/c1-26(2)51-33-11-7-29(22-41-33)35-32-20-31(10-6-28(32)21-42-35)48-19-13-38(37(48)50)12-16-46(24-38)23-34(49)47-17-14-39(40,15-18-47)30-8-4-27(5-9-30)36-43-25-45(3)44-36;1-26-21-42-37(43-22-26)30-5-3-28(4-6-30)29-10-15-45(16-11-29)35(47)24-44-17-12-39(25-44)13-18-46(38(39)48)33-8-7-32-23-41-36(34(32)20-33)31-9-14-40-27(2)19-31;1-42-24-40-35(41-42)28-4-2-25(3-5-28)26-12-16-44(17-13-26)33(46)22-43-18-14-37(23-43)15-19-45(36(37)47)31-11-8-29-21-39-34(32(29)20-31)27-6-9-30(38)10-7-27/h4-11,20,22,25-26H,12-19,21,23-24H2,1-3H3;3-10,14,19-22H,11-13,15-18,23-25H2,1-2H3;2-12,20,24H,13-19,21-23H2,1H3/t38-;39-;37-/m000/s1. The summed E-state index contributed by atoms with van der Waals surface area (Å²) in [5.41, 5.74) is 22.1. The summed E-state index contributed by atoms with van der Waals surface area (Å²) in [5, 5.41) is 8.70. The van der Waals surface area contributed by atoms with Crippen LogP contribution in [0.1, 0.15) is 156 Å². The highest BCUT2D eigenvalue weighted by atomic mass is 19.1. The van der Waals surface area contributed by atoms with Crippen molar-refractivity contribution >= 4 is 80.8 Å². The normalized spacial score (nSPS) is 21.1. The van der Waals surface area contributed by atoms with Crippen molar-refractivity contribution < 1.29 is 42.3 Å². The zero-order valence-corrected chi connectivity index (χ0v) is 83.3. The Morgan fingerprint density at radius 2 is 0.801 bits per heavy atom. The minimum absolute atomic E-state index is 0.00305. The number of pyridine rings is 2. The highest BCUT2D eigenvalue weighted by Gasteiger charge is 2.55. The number of benzene rings is 7. The molecule has 0 radical (unpaired) electrons. The number of carbonyl (C=O) groups is 6. The molecule has 29 nitrogen and oxygen atoms in total. The second-order valence-electron chi connectivity index (χ2n) is 41.4. The predicted molar refractivity (Wildman–Crippen MR) is 556 cm³/mol. The number of ether oxygens (including phenoxy) is 1. The van der Waals surface area contributed by atoms with Gasteiger partial charge in [0.2, 0.25) is 41.3 Å². The molecule has 0 unspecified atom stereocenters. The molecule has 12 aromatic rings. The molecule has 146 heavy (non-hydrogen) atoms. The maximum Gasteiger partial charge on any atom is 0.237 e. The van der Waals surface area contributed by atoms with Crippen LogP contribution in [0, 0.1) is 35.9 Å². The number of halogens is 2.